The normalized spacial score (nSPS) is 22.5. The number of hydrogen-bond donors (Lipinski definition) is 1. The molecule has 28 heavy (non-hydrogen) atoms. The van der Waals surface area contributed by atoms with Crippen molar-refractivity contribution in [3.05, 3.63) is 18.2 Å². The quantitative estimate of drug-likeness (QED) is 0.679. The highest BCUT2D eigenvalue weighted by Crippen LogP contribution is 2.24. The van der Waals surface area contributed by atoms with Crippen LogP contribution in [0.4, 0.5) is 0 Å². The van der Waals surface area contributed by atoms with E-state index in [1.54, 1.807) is 28.3 Å². The minimum absolute atomic E-state index is 0.164. The molecule has 0 aliphatic carbocycles. The molecule has 0 bridgehead atoms. The predicted octanol–water partition coefficient (Wildman–Crippen LogP) is 0.0549. The van der Waals surface area contributed by atoms with Gasteiger partial charge in [-0.15, -0.1) is 0 Å². The number of carbonyl (C=O) groups is 1. The van der Waals surface area contributed by atoms with Crippen molar-refractivity contribution in [1.29, 1.82) is 0 Å². The van der Waals surface area contributed by atoms with Gasteiger partial charge < -0.3 is 14.6 Å². The summed E-state index contributed by atoms with van der Waals surface area (Å²) in [6.07, 6.45) is 8.32. The van der Waals surface area contributed by atoms with Crippen LogP contribution in [-0.4, -0.2) is 90.8 Å². The maximum atomic E-state index is 12.3. The zero-order chi connectivity index (χ0) is 20.1. The molecule has 1 atom stereocenters. The number of carbonyl (C=O) groups excluding carboxylic acids is 1. The molecule has 2 fully saturated rings. The van der Waals surface area contributed by atoms with Crippen LogP contribution in [0.2, 0.25) is 0 Å². The van der Waals surface area contributed by atoms with E-state index in [4.69, 9.17) is 4.74 Å². The molecular weight excluding hydrogens is 382 g/mol. The number of ether oxygens (including phenoxy) is 1. The minimum atomic E-state index is -3.19. The molecule has 0 saturated carbocycles. The van der Waals surface area contributed by atoms with Crippen molar-refractivity contribution in [2.45, 2.75) is 37.8 Å². The lowest BCUT2D eigenvalue weighted by Gasteiger charge is -2.43. The lowest BCUT2D eigenvalue weighted by molar-refractivity contribution is 0.00671. The molecule has 9 nitrogen and oxygen atoms in total. The number of hydrogen-bond acceptors (Lipinski definition) is 6. The van der Waals surface area contributed by atoms with Crippen LogP contribution in [0.1, 0.15) is 36.3 Å². The van der Waals surface area contributed by atoms with Gasteiger partial charge in [0.2, 0.25) is 10.0 Å². The van der Waals surface area contributed by atoms with Crippen LogP contribution in [0.5, 0.6) is 0 Å². The first-order valence-corrected chi connectivity index (χ1v) is 11.7. The zero-order valence-electron chi connectivity index (χ0n) is 16.7. The van der Waals surface area contributed by atoms with Gasteiger partial charge >= 0.3 is 0 Å². The van der Waals surface area contributed by atoms with Crippen molar-refractivity contribution in [3.8, 4) is 0 Å². The third kappa shape index (κ3) is 5.31. The lowest BCUT2D eigenvalue weighted by atomic mass is 9.99. The summed E-state index contributed by atoms with van der Waals surface area (Å²) in [6.45, 7) is 3.74. The number of aromatic nitrogens is 2. The first-order valence-electron chi connectivity index (χ1n) is 9.90. The topological polar surface area (TPSA) is 96.8 Å². The molecule has 1 N–H and O–H groups in total. The summed E-state index contributed by atoms with van der Waals surface area (Å²) >= 11 is 0. The maximum Gasteiger partial charge on any atom is 0.287 e. The number of amides is 1. The van der Waals surface area contributed by atoms with E-state index in [9.17, 15) is 13.2 Å². The van der Waals surface area contributed by atoms with E-state index in [1.165, 1.54) is 6.26 Å². The molecule has 3 rings (SSSR count). The lowest BCUT2D eigenvalue weighted by Crippen LogP contribution is -2.55. The first kappa shape index (κ1) is 21.2. The molecule has 0 spiro atoms. The second-order valence-electron chi connectivity index (χ2n) is 7.62. The van der Waals surface area contributed by atoms with Crippen molar-refractivity contribution < 1.29 is 17.9 Å². The Balaban J connectivity index is 1.63. The SMILES string of the molecule is Cn1ccnc1C(=O)NCCN(C1CCOCC1)C1CCCN(S(C)(=O)=O)C1. The number of nitrogens with zero attached hydrogens (tertiary/aromatic N) is 4. The Kier molecular flexibility index (Phi) is 7.08. The number of sulfonamides is 1. The molecule has 0 radical (unpaired) electrons. The molecule has 10 heteroatoms. The van der Waals surface area contributed by atoms with E-state index in [0.717, 1.165) is 38.9 Å². The number of aryl methyl sites for hydroxylation is 1. The van der Waals surface area contributed by atoms with E-state index in [2.05, 4.69) is 15.2 Å². The van der Waals surface area contributed by atoms with Gasteiger partial charge in [0.05, 0.1) is 6.26 Å². The minimum Gasteiger partial charge on any atom is -0.381 e. The van der Waals surface area contributed by atoms with Crippen LogP contribution >= 0.6 is 0 Å². The van der Waals surface area contributed by atoms with Gasteiger partial charge in [-0.1, -0.05) is 0 Å². The molecule has 158 valence electrons. The van der Waals surface area contributed by atoms with Crippen molar-refractivity contribution in [2.24, 2.45) is 7.05 Å². The van der Waals surface area contributed by atoms with Crippen molar-refractivity contribution >= 4 is 15.9 Å². The Morgan fingerprint density at radius 1 is 1.32 bits per heavy atom. The number of nitrogens with one attached hydrogen (secondary N) is 1. The number of rotatable bonds is 7. The second kappa shape index (κ2) is 9.34. The van der Waals surface area contributed by atoms with Gasteiger partial charge in [0.15, 0.2) is 5.82 Å². The average molecular weight is 414 g/mol. The van der Waals surface area contributed by atoms with Crippen LogP contribution in [0.25, 0.3) is 0 Å². The number of piperidine rings is 1. The summed E-state index contributed by atoms with van der Waals surface area (Å²) in [5.41, 5.74) is 0. The molecule has 0 aromatic carbocycles. The van der Waals surface area contributed by atoms with Gasteiger partial charge in [-0.25, -0.2) is 17.7 Å². The zero-order valence-corrected chi connectivity index (χ0v) is 17.5. The van der Waals surface area contributed by atoms with Crippen LogP contribution in [-0.2, 0) is 21.8 Å². The Hall–Kier alpha value is -1.49. The fraction of sp³-hybridized carbons (Fsp3) is 0.778. The van der Waals surface area contributed by atoms with Crippen molar-refractivity contribution in [3.63, 3.8) is 0 Å². The maximum absolute atomic E-state index is 12.3. The highest BCUT2D eigenvalue weighted by Gasteiger charge is 2.33. The molecule has 3 heterocycles. The van der Waals surface area contributed by atoms with Gasteiger partial charge in [-0.05, 0) is 25.7 Å². The Bertz CT molecular complexity index is 760. The molecule has 2 saturated heterocycles. The number of imidazole rings is 1. The van der Waals surface area contributed by atoms with Crippen LogP contribution in [0.15, 0.2) is 12.4 Å². The second-order valence-corrected chi connectivity index (χ2v) is 9.60. The summed E-state index contributed by atoms with van der Waals surface area (Å²) in [4.78, 5) is 18.8. The van der Waals surface area contributed by atoms with E-state index < -0.39 is 10.0 Å². The summed E-state index contributed by atoms with van der Waals surface area (Å²) in [5, 5.41) is 2.95. The van der Waals surface area contributed by atoms with Crippen LogP contribution < -0.4 is 5.32 Å². The highest BCUT2D eigenvalue weighted by atomic mass is 32.2. The average Bonchev–Trinajstić information content (AvgIpc) is 3.11. The smallest absolute Gasteiger partial charge is 0.287 e. The summed E-state index contributed by atoms with van der Waals surface area (Å²) < 4.78 is 32.8. The van der Waals surface area contributed by atoms with E-state index in [0.29, 0.717) is 38.0 Å². The Morgan fingerprint density at radius 3 is 2.71 bits per heavy atom. The molecule has 2 aliphatic heterocycles. The van der Waals surface area contributed by atoms with E-state index >= 15 is 0 Å². The van der Waals surface area contributed by atoms with Crippen LogP contribution in [0, 0.1) is 0 Å². The summed E-state index contributed by atoms with van der Waals surface area (Å²) in [7, 11) is -1.40. The fourth-order valence-corrected chi connectivity index (χ4v) is 5.04. The standard InChI is InChI=1S/C18H31N5O4S/c1-21-10-7-19-17(21)18(24)20-8-11-23(15-5-12-27-13-6-15)16-4-3-9-22(14-16)28(2,25)26/h7,10,15-16H,3-6,8-9,11-14H2,1-2H3,(H,20,24). The molecule has 1 amide bonds. The molecule has 1 aromatic heterocycles. The van der Waals surface area contributed by atoms with Crippen molar-refractivity contribution in [1.82, 2.24) is 24.1 Å². The molecule has 1 unspecified atom stereocenters. The van der Waals surface area contributed by atoms with Gasteiger partial charge in [0.25, 0.3) is 5.91 Å². The third-order valence-corrected chi connectivity index (χ3v) is 6.91. The monoisotopic (exact) mass is 413 g/mol. The third-order valence-electron chi connectivity index (χ3n) is 5.64. The van der Waals surface area contributed by atoms with Gasteiger partial charge in [-0.2, -0.15) is 0 Å². The van der Waals surface area contributed by atoms with Crippen LogP contribution in [0.3, 0.4) is 0 Å². The van der Waals surface area contributed by atoms with Gasteiger partial charge in [0.1, 0.15) is 0 Å². The van der Waals surface area contributed by atoms with Gasteiger partial charge in [0, 0.05) is 70.9 Å². The van der Waals surface area contributed by atoms with E-state index in [-0.39, 0.29) is 11.9 Å². The molecule has 2 aliphatic rings. The van der Waals surface area contributed by atoms with Crippen molar-refractivity contribution in [2.75, 3.05) is 45.6 Å². The highest BCUT2D eigenvalue weighted by molar-refractivity contribution is 7.88. The Labute approximate surface area is 167 Å². The first-order chi connectivity index (χ1) is 13.4. The largest absolute Gasteiger partial charge is 0.381 e. The molecular formula is C18H31N5O4S. The van der Waals surface area contributed by atoms with E-state index in [1.807, 2.05) is 0 Å². The summed E-state index contributed by atoms with van der Waals surface area (Å²) in [6, 6.07) is 0.514. The molecule has 1 aromatic rings. The van der Waals surface area contributed by atoms with Gasteiger partial charge in [-0.3, -0.25) is 9.69 Å². The summed E-state index contributed by atoms with van der Waals surface area (Å²) in [5.74, 6) is 0.194. The Morgan fingerprint density at radius 2 is 2.07 bits per heavy atom. The predicted molar refractivity (Wildman–Crippen MR) is 106 cm³/mol. The fourth-order valence-electron chi connectivity index (χ4n) is 4.13.